The Labute approximate surface area is 185 Å². The van der Waals surface area contributed by atoms with Crippen molar-refractivity contribution in [2.24, 2.45) is 0 Å². The number of amides is 1. The molecule has 2 aromatic rings. The molecule has 0 bridgehead atoms. The zero-order valence-corrected chi connectivity index (χ0v) is 18.5. The Morgan fingerprint density at radius 1 is 1.06 bits per heavy atom. The van der Waals surface area contributed by atoms with E-state index in [0.29, 0.717) is 5.69 Å². The van der Waals surface area contributed by atoms with Crippen molar-refractivity contribution in [1.29, 1.82) is 0 Å². The number of nitrogens with one attached hydrogen (secondary N) is 1. The van der Waals surface area contributed by atoms with Crippen LogP contribution in [-0.4, -0.2) is 58.9 Å². The molecule has 1 amide bonds. The van der Waals surface area contributed by atoms with Crippen LogP contribution in [0.15, 0.2) is 42.5 Å². The number of hydrogen-bond donors (Lipinski definition) is 1. The molecular formula is C21H22N2O8S. The van der Waals surface area contributed by atoms with E-state index in [1.54, 1.807) is 24.3 Å². The Bertz CT molecular complexity index is 1130. The first-order chi connectivity index (χ1) is 15.2. The van der Waals surface area contributed by atoms with Crippen molar-refractivity contribution in [2.75, 3.05) is 36.1 Å². The minimum absolute atomic E-state index is 0.0239. The van der Waals surface area contributed by atoms with Crippen LogP contribution in [0.1, 0.15) is 27.6 Å². The number of hydrogen-bond acceptors (Lipinski definition) is 8. The van der Waals surface area contributed by atoms with E-state index in [4.69, 9.17) is 4.74 Å². The first kappa shape index (κ1) is 23.1. The molecule has 10 nitrogen and oxygen atoms in total. The normalized spacial score (nSPS) is 15.2. The Morgan fingerprint density at radius 2 is 1.66 bits per heavy atom. The van der Waals surface area contributed by atoms with Crippen molar-refractivity contribution in [3.8, 4) is 5.75 Å². The van der Waals surface area contributed by atoms with E-state index in [1.807, 2.05) is 0 Å². The minimum Gasteiger partial charge on any atom is -0.476 e. The second-order valence-corrected chi connectivity index (χ2v) is 8.96. The number of anilines is 2. The van der Waals surface area contributed by atoms with Gasteiger partial charge in [-0.25, -0.2) is 18.0 Å². The summed E-state index contributed by atoms with van der Waals surface area (Å²) in [5.74, 6) is -1.99. The van der Waals surface area contributed by atoms with E-state index in [9.17, 15) is 22.8 Å². The van der Waals surface area contributed by atoms with Crippen LogP contribution >= 0.6 is 0 Å². The standard InChI is InChI=1S/C21H22N2O8S/c1-4-32(27,28)23-12-18(31-17-8-6-5-7-16(17)23)19(24)22-15-10-13(20(25)29-2)9-14(11-15)21(26)30-3/h5-11,18H,4,12H2,1-3H3,(H,22,24). The fourth-order valence-electron chi connectivity index (χ4n) is 3.15. The van der Waals surface area contributed by atoms with Gasteiger partial charge in [-0.15, -0.1) is 0 Å². The number of para-hydroxylation sites is 2. The zero-order valence-electron chi connectivity index (χ0n) is 17.7. The Hall–Kier alpha value is -3.60. The van der Waals surface area contributed by atoms with Gasteiger partial charge in [0, 0.05) is 5.69 Å². The van der Waals surface area contributed by atoms with Crippen LogP contribution in [0.2, 0.25) is 0 Å². The summed E-state index contributed by atoms with van der Waals surface area (Å²) >= 11 is 0. The largest absolute Gasteiger partial charge is 0.476 e. The fraction of sp³-hybridized carbons (Fsp3) is 0.286. The number of methoxy groups -OCH3 is 2. The van der Waals surface area contributed by atoms with E-state index in [2.05, 4.69) is 14.8 Å². The van der Waals surface area contributed by atoms with Crippen molar-refractivity contribution >= 4 is 39.2 Å². The van der Waals surface area contributed by atoms with Crippen molar-refractivity contribution in [1.82, 2.24) is 0 Å². The lowest BCUT2D eigenvalue weighted by atomic mass is 10.1. The lowest BCUT2D eigenvalue weighted by Gasteiger charge is -2.34. The molecule has 170 valence electrons. The molecule has 3 rings (SSSR count). The number of carbonyl (C=O) groups excluding carboxylic acids is 3. The van der Waals surface area contributed by atoms with E-state index in [-0.39, 0.29) is 34.9 Å². The molecule has 0 fully saturated rings. The third kappa shape index (κ3) is 4.67. The number of carbonyl (C=O) groups is 3. The third-order valence-corrected chi connectivity index (χ3v) is 6.52. The van der Waals surface area contributed by atoms with Gasteiger partial charge < -0.3 is 19.5 Å². The molecule has 1 unspecified atom stereocenters. The summed E-state index contributed by atoms with van der Waals surface area (Å²) in [5.41, 5.74) is 0.510. The summed E-state index contributed by atoms with van der Waals surface area (Å²) in [6, 6.07) is 10.4. The highest BCUT2D eigenvalue weighted by atomic mass is 32.2. The average Bonchev–Trinajstić information content (AvgIpc) is 2.81. The number of fused-ring (bicyclic) bond motifs is 1. The fourth-order valence-corrected chi connectivity index (χ4v) is 4.28. The van der Waals surface area contributed by atoms with Crippen LogP contribution in [0, 0.1) is 0 Å². The summed E-state index contributed by atoms with van der Waals surface area (Å²) in [7, 11) is -1.30. The number of ether oxygens (including phenoxy) is 3. The van der Waals surface area contributed by atoms with Crippen molar-refractivity contribution < 1.29 is 37.0 Å². The van der Waals surface area contributed by atoms with Crippen LogP contribution in [-0.2, 0) is 24.3 Å². The molecule has 0 radical (unpaired) electrons. The summed E-state index contributed by atoms with van der Waals surface area (Å²) in [6.07, 6.45) is -1.17. The molecule has 0 aliphatic carbocycles. The molecule has 1 aliphatic rings. The van der Waals surface area contributed by atoms with E-state index >= 15 is 0 Å². The van der Waals surface area contributed by atoms with Gasteiger partial charge in [0.2, 0.25) is 10.0 Å². The number of benzene rings is 2. The van der Waals surface area contributed by atoms with Crippen LogP contribution in [0.3, 0.4) is 0 Å². The smallest absolute Gasteiger partial charge is 0.337 e. The quantitative estimate of drug-likeness (QED) is 0.644. The minimum atomic E-state index is -3.67. The number of nitrogens with zero attached hydrogens (tertiary/aromatic N) is 1. The van der Waals surface area contributed by atoms with Crippen molar-refractivity contribution in [2.45, 2.75) is 13.0 Å². The monoisotopic (exact) mass is 462 g/mol. The van der Waals surface area contributed by atoms with E-state index < -0.39 is 34.0 Å². The molecule has 11 heteroatoms. The number of sulfonamides is 1. The second kappa shape index (κ2) is 9.27. The van der Waals surface area contributed by atoms with Gasteiger partial charge in [0.25, 0.3) is 5.91 Å². The van der Waals surface area contributed by atoms with Crippen molar-refractivity contribution in [3.05, 3.63) is 53.6 Å². The summed E-state index contributed by atoms with van der Waals surface area (Å²) in [5, 5.41) is 2.57. The molecule has 0 saturated carbocycles. The maximum Gasteiger partial charge on any atom is 0.337 e. The van der Waals surface area contributed by atoms with E-state index in [0.717, 1.165) is 4.31 Å². The van der Waals surface area contributed by atoms with E-state index in [1.165, 1.54) is 39.3 Å². The molecular weight excluding hydrogens is 440 g/mol. The Kier molecular flexibility index (Phi) is 6.68. The summed E-state index contributed by atoms with van der Waals surface area (Å²) < 4.78 is 41.4. The lowest BCUT2D eigenvalue weighted by Crippen LogP contribution is -2.49. The van der Waals surface area contributed by atoms with Crippen molar-refractivity contribution in [3.63, 3.8) is 0 Å². The topological polar surface area (TPSA) is 128 Å². The molecule has 32 heavy (non-hydrogen) atoms. The second-order valence-electron chi connectivity index (χ2n) is 6.78. The maximum atomic E-state index is 12.9. The zero-order chi connectivity index (χ0) is 23.5. The molecule has 2 aromatic carbocycles. The van der Waals surface area contributed by atoms with Crippen LogP contribution in [0.4, 0.5) is 11.4 Å². The average molecular weight is 462 g/mol. The molecule has 1 N–H and O–H groups in total. The number of rotatable bonds is 6. The van der Waals surface area contributed by atoms with Crippen LogP contribution < -0.4 is 14.4 Å². The van der Waals surface area contributed by atoms with Crippen LogP contribution in [0.5, 0.6) is 5.75 Å². The highest BCUT2D eigenvalue weighted by Crippen LogP contribution is 2.35. The van der Waals surface area contributed by atoms with Gasteiger partial charge in [0.15, 0.2) is 6.10 Å². The molecule has 1 heterocycles. The molecule has 1 atom stereocenters. The van der Waals surface area contributed by atoms with Gasteiger partial charge in [-0.1, -0.05) is 12.1 Å². The van der Waals surface area contributed by atoms with Gasteiger partial charge in [0.1, 0.15) is 5.75 Å². The molecule has 0 spiro atoms. The molecule has 0 saturated heterocycles. The molecule has 1 aliphatic heterocycles. The Morgan fingerprint density at radius 3 is 2.22 bits per heavy atom. The number of esters is 2. The van der Waals surface area contributed by atoms with Gasteiger partial charge in [-0.3, -0.25) is 9.10 Å². The maximum absolute atomic E-state index is 12.9. The van der Waals surface area contributed by atoms with Crippen LogP contribution in [0.25, 0.3) is 0 Å². The van der Waals surface area contributed by atoms with Gasteiger partial charge in [-0.2, -0.15) is 0 Å². The SMILES string of the molecule is CCS(=O)(=O)N1CC(C(=O)Nc2cc(C(=O)OC)cc(C(=O)OC)c2)Oc2ccccc21. The Balaban J connectivity index is 1.92. The first-order valence-corrected chi connectivity index (χ1v) is 11.2. The van der Waals surface area contributed by atoms with Gasteiger partial charge in [0.05, 0.1) is 43.3 Å². The molecule has 0 aromatic heterocycles. The lowest BCUT2D eigenvalue weighted by molar-refractivity contribution is -0.122. The predicted octanol–water partition coefficient (Wildman–Crippen LogP) is 1.82. The summed E-state index contributed by atoms with van der Waals surface area (Å²) in [4.78, 5) is 36.9. The first-order valence-electron chi connectivity index (χ1n) is 9.58. The predicted molar refractivity (Wildman–Crippen MR) is 115 cm³/mol. The highest BCUT2D eigenvalue weighted by Gasteiger charge is 2.36. The highest BCUT2D eigenvalue weighted by molar-refractivity contribution is 7.92. The third-order valence-electron chi connectivity index (χ3n) is 4.77. The van der Waals surface area contributed by atoms with Gasteiger partial charge >= 0.3 is 11.9 Å². The summed E-state index contributed by atoms with van der Waals surface area (Å²) in [6.45, 7) is 1.27. The van der Waals surface area contributed by atoms with Gasteiger partial charge in [-0.05, 0) is 37.3 Å².